The van der Waals surface area contributed by atoms with Gasteiger partial charge in [-0.3, -0.25) is 4.79 Å². The largest absolute Gasteiger partial charge is 0.456 e. The highest BCUT2D eigenvalue weighted by Gasteiger charge is 2.09. The summed E-state index contributed by atoms with van der Waals surface area (Å²) in [7, 11) is 1.63. The summed E-state index contributed by atoms with van der Waals surface area (Å²) in [6.45, 7) is 0. The van der Waals surface area contributed by atoms with Gasteiger partial charge in [-0.2, -0.15) is 0 Å². The van der Waals surface area contributed by atoms with E-state index in [1.165, 1.54) is 0 Å². The zero-order valence-electron chi connectivity index (χ0n) is 9.36. The first-order valence-electron chi connectivity index (χ1n) is 5.43. The van der Waals surface area contributed by atoms with Crippen molar-refractivity contribution in [2.24, 2.45) is 0 Å². The van der Waals surface area contributed by atoms with Crippen molar-refractivity contribution in [3.63, 3.8) is 0 Å². The lowest BCUT2D eigenvalue weighted by Crippen LogP contribution is -2.17. The van der Waals surface area contributed by atoms with Gasteiger partial charge < -0.3 is 9.73 Å². The van der Waals surface area contributed by atoms with Gasteiger partial charge in [-0.25, -0.2) is 0 Å². The van der Waals surface area contributed by atoms with Crippen LogP contribution in [0.3, 0.4) is 0 Å². The predicted molar refractivity (Wildman–Crippen MR) is 67.1 cm³/mol. The lowest BCUT2D eigenvalue weighted by Gasteiger charge is -1.98. The number of fused-ring (bicyclic) bond motifs is 3. The number of rotatable bonds is 1. The molecule has 1 amide bonds. The number of para-hydroxylation sites is 1. The Morgan fingerprint density at radius 2 is 1.82 bits per heavy atom. The van der Waals surface area contributed by atoms with Gasteiger partial charge in [0.2, 0.25) is 0 Å². The van der Waals surface area contributed by atoms with E-state index in [2.05, 4.69) is 5.32 Å². The van der Waals surface area contributed by atoms with Crippen molar-refractivity contribution in [1.82, 2.24) is 5.32 Å². The molecule has 1 aromatic heterocycles. The van der Waals surface area contributed by atoms with Gasteiger partial charge in [0, 0.05) is 23.4 Å². The Morgan fingerprint density at radius 3 is 2.65 bits per heavy atom. The third-order valence-electron chi connectivity index (χ3n) is 2.87. The lowest BCUT2D eigenvalue weighted by atomic mass is 10.1. The molecule has 1 heterocycles. The normalized spacial score (nSPS) is 10.9. The van der Waals surface area contributed by atoms with Crippen LogP contribution in [0.4, 0.5) is 0 Å². The summed E-state index contributed by atoms with van der Waals surface area (Å²) in [6.07, 6.45) is 0. The molecule has 0 spiro atoms. The summed E-state index contributed by atoms with van der Waals surface area (Å²) < 4.78 is 5.69. The maximum atomic E-state index is 11.6. The van der Waals surface area contributed by atoms with Crippen LogP contribution in [0.5, 0.6) is 0 Å². The van der Waals surface area contributed by atoms with Crippen LogP contribution in [0.15, 0.2) is 46.9 Å². The van der Waals surface area contributed by atoms with Crippen molar-refractivity contribution in [2.45, 2.75) is 0 Å². The van der Waals surface area contributed by atoms with Crippen LogP contribution in [-0.4, -0.2) is 13.0 Å². The second-order valence-corrected chi connectivity index (χ2v) is 3.89. The van der Waals surface area contributed by atoms with Crippen molar-refractivity contribution < 1.29 is 9.21 Å². The van der Waals surface area contributed by atoms with Gasteiger partial charge in [0.1, 0.15) is 11.2 Å². The number of benzene rings is 2. The number of hydrogen-bond donors (Lipinski definition) is 1. The molecule has 3 aromatic rings. The van der Waals surface area contributed by atoms with E-state index in [1.807, 2.05) is 36.4 Å². The van der Waals surface area contributed by atoms with Gasteiger partial charge >= 0.3 is 0 Å². The smallest absolute Gasteiger partial charge is 0.251 e. The molecule has 0 unspecified atom stereocenters. The molecule has 0 radical (unpaired) electrons. The minimum atomic E-state index is -0.0859. The van der Waals surface area contributed by atoms with Gasteiger partial charge in [-0.05, 0) is 24.3 Å². The van der Waals surface area contributed by atoms with Crippen LogP contribution < -0.4 is 5.32 Å². The Balaban J connectivity index is 2.33. The zero-order valence-corrected chi connectivity index (χ0v) is 9.36. The second kappa shape index (κ2) is 3.63. The highest BCUT2D eigenvalue weighted by atomic mass is 16.3. The molecule has 0 atom stereocenters. The molecule has 3 rings (SSSR count). The summed E-state index contributed by atoms with van der Waals surface area (Å²) in [5.74, 6) is -0.0859. The topological polar surface area (TPSA) is 42.2 Å². The Morgan fingerprint density at radius 1 is 1.06 bits per heavy atom. The molecule has 2 aromatic carbocycles. The molecule has 84 valence electrons. The molecule has 3 nitrogen and oxygen atoms in total. The minimum Gasteiger partial charge on any atom is -0.456 e. The molecule has 3 heteroatoms. The van der Waals surface area contributed by atoms with Crippen LogP contribution >= 0.6 is 0 Å². The average molecular weight is 225 g/mol. The van der Waals surface area contributed by atoms with Crippen LogP contribution in [0.1, 0.15) is 10.4 Å². The van der Waals surface area contributed by atoms with Crippen molar-refractivity contribution in [3.8, 4) is 0 Å². The van der Waals surface area contributed by atoms with Crippen molar-refractivity contribution in [3.05, 3.63) is 48.0 Å². The molecule has 0 aliphatic rings. The van der Waals surface area contributed by atoms with Gasteiger partial charge in [-0.15, -0.1) is 0 Å². The van der Waals surface area contributed by atoms with E-state index in [0.717, 1.165) is 21.9 Å². The number of hydrogen-bond acceptors (Lipinski definition) is 2. The van der Waals surface area contributed by atoms with Crippen LogP contribution in [0.25, 0.3) is 21.9 Å². The molecular weight excluding hydrogens is 214 g/mol. The standard InChI is InChI=1S/C14H11NO2/c1-15-14(16)9-6-7-13-11(8-9)10-4-2-3-5-12(10)17-13/h2-8H,1H3,(H,15,16). The number of amides is 1. The SMILES string of the molecule is CNC(=O)c1ccc2oc3ccccc3c2c1. The van der Waals surface area contributed by atoms with Gasteiger partial charge in [-0.1, -0.05) is 18.2 Å². The Hall–Kier alpha value is -2.29. The Kier molecular flexibility index (Phi) is 2.11. The number of nitrogens with one attached hydrogen (secondary N) is 1. The summed E-state index contributed by atoms with van der Waals surface area (Å²) in [6, 6.07) is 13.3. The maximum absolute atomic E-state index is 11.6. The molecule has 0 aliphatic heterocycles. The molecular formula is C14H11NO2. The third-order valence-corrected chi connectivity index (χ3v) is 2.87. The highest BCUT2D eigenvalue weighted by molar-refractivity contribution is 6.08. The first-order valence-corrected chi connectivity index (χ1v) is 5.43. The van der Waals surface area contributed by atoms with Crippen LogP contribution in [0, 0.1) is 0 Å². The fraction of sp³-hybridized carbons (Fsp3) is 0.0714. The summed E-state index contributed by atoms with van der Waals surface area (Å²) >= 11 is 0. The fourth-order valence-electron chi connectivity index (χ4n) is 2.01. The van der Waals surface area contributed by atoms with E-state index in [4.69, 9.17) is 4.42 Å². The van der Waals surface area contributed by atoms with E-state index in [-0.39, 0.29) is 5.91 Å². The van der Waals surface area contributed by atoms with Crippen molar-refractivity contribution in [2.75, 3.05) is 7.05 Å². The monoisotopic (exact) mass is 225 g/mol. The van der Waals surface area contributed by atoms with E-state index in [9.17, 15) is 4.79 Å². The maximum Gasteiger partial charge on any atom is 0.251 e. The van der Waals surface area contributed by atoms with E-state index in [1.54, 1.807) is 13.1 Å². The summed E-state index contributed by atoms with van der Waals surface area (Å²) in [5, 5.41) is 4.63. The van der Waals surface area contributed by atoms with Crippen molar-refractivity contribution >= 4 is 27.8 Å². The lowest BCUT2D eigenvalue weighted by molar-refractivity contribution is 0.0963. The van der Waals surface area contributed by atoms with Crippen LogP contribution in [-0.2, 0) is 0 Å². The molecule has 0 bridgehead atoms. The number of furan rings is 1. The zero-order chi connectivity index (χ0) is 11.8. The first kappa shape index (κ1) is 9.90. The van der Waals surface area contributed by atoms with Crippen molar-refractivity contribution in [1.29, 1.82) is 0 Å². The number of carbonyl (C=O) groups is 1. The predicted octanol–water partition coefficient (Wildman–Crippen LogP) is 2.95. The van der Waals surface area contributed by atoms with Gasteiger partial charge in [0.25, 0.3) is 5.91 Å². The quantitative estimate of drug-likeness (QED) is 0.691. The Labute approximate surface area is 98.0 Å². The second-order valence-electron chi connectivity index (χ2n) is 3.89. The van der Waals surface area contributed by atoms with Gasteiger partial charge in [0.05, 0.1) is 0 Å². The minimum absolute atomic E-state index is 0.0859. The van der Waals surface area contributed by atoms with E-state index < -0.39 is 0 Å². The van der Waals surface area contributed by atoms with E-state index in [0.29, 0.717) is 5.56 Å². The molecule has 0 saturated heterocycles. The third kappa shape index (κ3) is 1.47. The van der Waals surface area contributed by atoms with Gasteiger partial charge in [0.15, 0.2) is 0 Å². The number of carbonyl (C=O) groups excluding carboxylic acids is 1. The molecule has 17 heavy (non-hydrogen) atoms. The average Bonchev–Trinajstić information content (AvgIpc) is 2.75. The highest BCUT2D eigenvalue weighted by Crippen LogP contribution is 2.28. The van der Waals surface area contributed by atoms with E-state index >= 15 is 0 Å². The molecule has 0 saturated carbocycles. The summed E-state index contributed by atoms with van der Waals surface area (Å²) in [5.41, 5.74) is 2.29. The summed E-state index contributed by atoms with van der Waals surface area (Å²) in [4.78, 5) is 11.6. The molecule has 0 aliphatic carbocycles. The molecule has 0 fully saturated rings. The molecule has 1 N–H and O–H groups in total. The fourth-order valence-corrected chi connectivity index (χ4v) is 2.01. The Bertz CT molecular complexity index is 712. The van der Waals surface area contributed by atoms with Crippen LogP contribution in [0.2, 0.25) is 0 Å². The first-order chi connectivity index (χ1) is 8.29.